The summed E-state index contributed by atoms with van der Waals surface area (Å²) in [5, 5.41) is 0. The molecule has 0 radical (unpaired) electrons. The van der Waals surface area contributed by atoms with Crippen molar-refractivity contribution < 1.29 is 13.2 Å². The summed E-state index contributed by atoms with van der Waals surface area (Å²) < 4.78 is 42.1. The summed E-state index contributed by atoms with van der Waals surface area (Å²) in [6.45, 7) is 16.1. The second kappa shape index (κ2) is 10.8. The maximum Gasteiger partial charge on any atom is 0.323 e. The maximum atomic E-state index is 14.9. The second-order valence-corrected chi connectivity index (χ2v) is 9.35. The van der Waals surface area contributed by atoms with E-state index in [1.165, 1.54) is 6.34 Å². The minimum absolute atomic E-state index is 0.0178. The van der Waals surface area contributed by atoms with E-state index < -0.39 is 12.0 Å². The Kier molecular flexibility index (Phi) is 8.71. The van der Waals surface area contributed by atoms with Gasteiger partial charge in [0.1, 0.15) is 6.34 Å². The zero-order valence-corrected chi connectivity index (χ0v) is 20.4. The third-order valence-corrected chi connectivity index (χ3v) is 5.60. The van der Waals surface area contributed by atoms with E-state index in [0.29, 0.717) is 11.4 Å². The zero-order chi connectivity index (χ0) is 24.2. The van der Waals surface area contributed by atoms with Crippen LogP contribution in [0.1, 0.15) is 101 Å². The van der Waals surface area contributed by atoms with Gasteiger partial charge >= 0.3 is 6.08 Å². The Bertz CT molecular complexity index is 932. The molecule has 0 unspecified atom stereocenters. The minimum atomic E-state index is -2.37. The first-order valence-electron chi connectivity index (χ1n) is 11.3. The third-order valence-electron chi connectivity index (χ3n) is 5.60. The van der Waals surface area contributed by atoms with Gasteiger partial charge in [0.25, 0.3) is 5.95 Å². The van der Waals surface area contributed by atoms with Crippen LogP contribution < -0.4 is 4.90 Å². The molecule has 0 aliphatic heterocycles. The fraction of sp³-hybridized carbons (Fsp3) is 0.444. The van der Waals surface area contributed by atoms with Gasteiger partial charge in [-0.2, -0.15) is 13.2 Å². The summed E-state index contributed by atoms with van der Waals surface area (Å²) in [4.78, 5) is 5.54. The van der Waals surface area contributed by atoms with Gasteiger partial charge in [-0.3, -0.25) is 4.90 Å². The average molecular weight is 445 g/mol. The van der Waals surface area contributed by atoms with Gasteiger partial charge in [0, 0.05) is 0 Å². The molecule has 0 saturated carbocycles. The molecule has 0 bridgehead atoms. The van der Waals surface area contributed by atoms with Crippen molar-refractivity contribution in [1.29, 1.82) is 0 Å². The predicted molar refractivity (Wildman–Crippen MR) is 130 cm³/mol. The van der Waals surface area contributed by atoms with Crippen molar-refractivity contribution in [1.82, 2.24) is 0 Å². The van der Waals surface area contributed by atoms with E-state index in [0.717, 1.165) is 27.2 Å². The molecule has 32 heavy (non-hydrogen) atoms. The van der Waals surface area contributed by atoms with E-state index >= 15 is 0 Å². The van der Waals surface area contributed by atoms with E-state index in [1.54, 1.807) is 0 Å². The number of rotatable bonds is 8. The summed E-state index contributed by atoms with van der Waals surface area (Å²) in [6, 6.07) is 11.6. The maximum absolute atomic E-state index is 14.9. The molecule has 0 aromatic heterocycles. The first-order valence-corrected chi connectivity index (χ1v) is 11.3. The highest BCUT2D eigenvalue weighted by Gasteiger charge is 2.24. The molecule has 0 aliphatic carbocycles. The van der Waals surface area contributed by atoms with Crippen molar-refractivity contribution in [3.05, 3.63) is 70.7 Å². The van der Waals surface area contributed by atoms with Crippen LogP contribution in [-0.2, 0) is 0 Å². The molecule has 5 heteroatoms. The summed E-state index contributed by atoms with van der Waals surface area (Å²) in [6.07, 6.45) is -1.15. The number of anilines is 1. The van der Waals surface area contributed by atoms with Crippen molar-refractivity contribution in [3.63, 3.8) is 0 Å². The standard InChI is InChI=1S/C27H35F3N2/c1-16(2)20-11-9-12-21(17(3)4)24(20)31-15-32(27(30)26(28)29)25-22(18(5)6)13-10-14-23(25)19(7)8/h9-19H,1-8H3. The highest BCUT2D eigenvalue weighted by atomic mass is 19.3. The fourth-order valence-corrected chi connectivity index (χ4v) is 3.86. The van der Waals surface area contributed by atoms with Gasteiger partial charge in [0.2, 0.25) is 0 Å². The van der Waals surface area contributed by atoms with Crippen LogP contribution in [0.2, 0.25) is 0 Å². The average Bonchev–Trinajstić information content (AvgIpc) is 2.72. The zero-order valence-electron chi connectivity index (χ0n) is 20.4. The first-order chi connectivity index (χ1) is 15.0. The van der Waals surface area contributed by atoms with E-state index in [2.05, 4.69) is 32.7 Å². The largest absolute Gasteiger partial charge is 0.323 e. The van der Waals surface area contributed by atoms with Crippen molar-refractivity contribution in [2.75, 3.05) is 4.90 Å². The van der Waals surface area contributed by atoms with Crippen LogP contribution in [0.15, 0.2) is 53.4 Å². The predicted octanol–water partition coefficient (Wildman–Crippen LogP) is 9.38. The van der Waals surface area contributed by atoms with Crippen molar-refractivity contribution in [2.45, 2.75) is 79.1 Å². The van der Waals surface area contributed by atoms with E-state index in [9.17, 15) is 13.2 Å². The monoisotopic (exact) mass is 444 g/mol. The number of nitrogens with zero attached hydrogens (tertiary/aromatic N) is 2. The van der Waals surface area contributed by atoms with Crippen LogP contribution in [0.3, 0.4) is 0 Å². The molecule has 174 valence electrons. The van der Waals surface area contributed by atoms with Crippen LogP contribution in [0, 0.1) is 0 Å². The van der Waals surface area contributed by atoms with Gasteiger partial charge < -0.3 is 0 Å². The molecule has 0 saturated heterocycles. The first kappa shape index (κ1) is 25.7. The number of halogens is 3. The molecule has 0 fully saturated rings. The minimum Gasteiger partial charge on any atom is -0.272 e. The Morgan fingerprint density at radius 2 is 1.06 bits per heavy atom. The topological polar surface area (TPSA) is 15.6 Å². The van der Waals surface area contributed by atoms with E-state index in [4.69, 9.17) is 0 Å². The van der Waals surface area contributed by atoms with Crippen molar-refractivity contribution in [3.8, 4) is 0 Å². The fourth-order valence-electron chi connectivity index (χ4n) is 3.86. The Morgan fingerprint density at radius 3 is 1.41 bits per heavy atom. The number of aliphatic imine (C=N–C) groups is 1. The lowest BCUT2D eigenvalue weighted by atomic mass is 9.92. The van der Waals surface area contributed by atoms with E-state index in [-0.39, 0.29) is 23.7 Å². The number of hydrogen-bond acceptors (Lipinski definition) is 1. The molecule has 0 aliphatic rings. The molecule has 0 spiro atoms. The lowest BCUT2D eigenvalue weighted by Crippen LogP contribution is -2.22. The molecule has 0 amide bonds. The summed E-state index contributed by atoms with van der Waals surface area (Å²) in [5.74, 6) is -1.20. The Balaban J connectivity index is 2.81. The normalized spacial score (nSPS) is 12.0. The quantitative estimate of drug-likeness (QED) is 0.225. The molecular weight excluding hydrogens is 409 g/mol. The van der Waals surface area contributed by atoms with Gasteiger partial charge in [-0.15, -0.1) is 0 Å². The highest BCUT2D eigenvalue weighted by molar-refractivity contribution is 5.88. The third kappa shape index (κ3) is 5.62. The second-order valence-electron chi connectivity index (χ2n) is 9.35. The van der Waals surface area contributed by atoms with Crippen molar-refractivity contribution >= 4 is 17.7 Å². The molecule has 2 aromatic carbocycles. The lowest BCUT2D eigenvalue weighted by molar-refractivity contribution is 0.377. The SMILES string of the molecule is CC(C)c1cccc(C(C)C)c1N=CN(C(F)=C(F)F)c1c(C(C)C)cccc1C(C)C. The molecule has 0 heterocycles. The molecule has 2 rings (SSSR count). The molecule has 0 atom stereocenters. The lowest BCUT2D eigenvalue weighted by Gasteiger charge is -2.27. The van der Waals surface area contributed by atoms with Crippen LogP contribution in [0.5, 0.6) is 0 Å². The molecule has 2 nitrogen and oxygen atoms in total. The molecule has 2 aromatic rings. The molecule has 0 N–H and O–H groups in total. The molecular formula is C27H35F3N2. The Labute approximate surface area is 190 Å². The summed E-state index contributed by atoms with van der Waals surface area (Å²) in [7, 11) is 0. The van der Waals surface area contributed by atoms with Gasteiger partial charge in [-0.1, -0.05) is 91.8 Å². The van der Waals surface area contributed by atoms with Crippen LogP contribution in [0.4, 0.5) is 24.5 Å². The van der Waals surface area contributed by atoms with E-state index in [1.807, 2.05) is 64.1 Å². The van der Waals surface area contributed by atoms with Crippen LogP contribution in [0.25, 0.3) is 0 Å². The van der Waals surface area contributed by atoms with Crippen LogP contribution >= 0.6 is 0 Å². The smallest absolute Gasteiger partial charge is 0.272 e. The summed E-state index contributed by atoms with van der Waals surface area (Å²) >= 11 is 0. The Hall–Kier alpha value is -2.56. The van der Waals surface area contributed by atoms with Gasteiger partial charge in [-0.05, 0) is 45.9 Å². The van der Waals surface area contributed by atoms with Gasteiger partial charge in [-0.25, -0.2) is 4.99 Å². The van der Waals surface area contributed by atoms with Gasteiger partial charge in [0.15, 0.2) is 0 Å². The van der Waals surface area contributed by atoms with Gasteiger partial charge in [0.05, 0.1) is 11.4 Å². The number of para-hydroxylation sites is 2. The highest BCUT2D eigenvalue weighted by Crippen LogP contribution is 2.39. The Morgan fingerprint density at radius 1 is 0.688 bits per heavy atom. The number of benzene rings is 2. The van der Waals surface area contributed by atoms with Crippen molar-refractivity contribution in [2.24, 2.45) is 4.99 Å². The summed E-state index contributed by atoms with van der Waals surface area (Å²) in [5.41, 5.74) is 4.72. The number of hydrogen-bond donors (Lipinski definition) is 0. The van der Waals surface area contributed by atoms with Crippen LogP contribution in [-0.4, -0.2) is 6.34 Å².